The second kappa shape index (κ2) is 7.07. The molecule has 1 saturated heterocycles. The third-order valence-corrected chi connectivity index (χ3v) is 6.81. The van der Waals surface area contributed by atoms with Gasteiger partial charge in [-0.25, -0.2) is 9.78 Å². The number of amides is 2. The zero-order valence-corrected chi connectivity index (χ0v) is 17.7. The summed E-state index contributed by atoms with van der Waals surface area (Å²) in [5.41, 5.74) is 1.72. The van der Waals surface area contributed by atoms with Gasteiger partial charge in [0.1, 0.15) is 9.34 Å². The van der Waals surface area contributed by atoms with Crippen LogP contribution in [0.25, 0.3) is 0 Å². The molecule has 1 aromatic heterocycles. The van der Waals surface area contributed by atoms with Gasteiger partial charge in [0.05, 0.1) is 19.7 Å². The summed E-state index contributed by atoms with van der Waals surface area (Å²) < 4.78 is 6.41. The Bertz CT molecular complexity index is 921. The second-order valence-corrected chi connectivity index (χ2v) is 9.46. The quantitative estimate of drug-likeness (QED) is 0.669. The largest absolute Gasteiger partial charge is 0.453 e. The molecular formula is C18H17BrClN3O3S. The summed E-state index contributed by atoms with van der Waals surface area (Å²) in [5, 5.41) is 0.701. The number of likely N-dealkylation sites (tertiary alicyclic amines) is 1. The molecule has 142 valence electrons. The van der Waals surface area contributed by atoms with Gasteiger partial charge in [0.2, 0.25) is 5.91 Å². The van der Waals surface area contributed by atoms with E-state index in [1.807, 2.05) is 17.0 Å². The normalized spacial score (nSPS) is 21.0. The minimum absolute atomic E-state index is 0.0158. The number of ether oxygens (including phenoxy) is 1. The monoisotopic (exact) mass is 469 g/mol. The smallest absolute Gasteiger partial charge is 0.409 e. The van der Waals surface area contributed by atoms with Crippen LogP contribution in [0.3, 0.4) is 0 Å². The van der Waals surface area contributed by atoms with Crippen molar-refractivity contribution in [1.82, 2.24) is 9.88 Å². The van der Waals surface area contributed by atoms with Crippen LogP contribution in [0, 0.1) is 0 Å². The molecule has 1 spiro atoms. The van der Waals surface area contributed by atoms with Crippen LogP contribution in [0.2, 0.25) is 4.34 Å². The zero-order chi connectivity index (χ0) is 19.2. The molecule has 0 bridgehead atoms. The zero-order valence-electron chi connectivity index (χ0n) is 14.6. The van der Waals surface area contributed by atoms with Crippen molar-refractivity contribution >= 4 is 56.6 Å². The molecule has 0 saturated carbocycles. The molecule has 1 atom stereocenters. The first-order valence-corrected chi connectivity index (χ1v) is 10.4. The molecule has 3 heterocycles. The molecular weight excluding hydrogens is 454 g/mol. The number of rotatable bonds is 2. The topological polar surface area (TPSA) is 62.7 Å². The SMILES string of the molecule is COC(=O)N1CC[C@@]2(C1)CN(C(=O)Cc1ncc(Cl)s1)c1ccc(Br)cc12. The van der Waals surface area contributed by atoms with Gasteiger partial charge in [0, 0.05) is 35.2 Å². The Hall–Kier alpha value is -1.64. The molecule has 1 aromatic carbocycles. The number of aromatic nitrogens is 1. The van der Waals surface area contributed by atoms with Crippen molar-refractivity contribution in [2.75, 3.05) is 31.6 Å². The number of benzene rings is 1. The standard InChI is InChI=1S/C18H17BrClN3O3S/c1-26-17(25)22-5-4-18(9-22)10-23(13-3-2-11(19)6-12(13)18)16(24)7-15-21-8-14(20)27-15/h2-3,6,8H,4-5,7,9-10H2,1H3/t18-/m1/s1. The van der Waals surface area contributed by atoms with Crippen LogP contribution in [-0.2, 0) is 21.4 Å². The van der Waals surface area contributed by atoms with Crippen molar-refractivity contribution in [3.8, 4) is 0 Å². The molecule has 27 heavy (non-hydrogen) atoms. The maximum atomic E-state index is 13.0. The molecule has 6 nitrogen and oxygen atoms in total. The van der Waals surface area contributed by atoms with Gasteiger partial charge >= 0.3 is 6.09 Å². The van der Waals surface area contributed by atoms with Gasteiger partial charge in [-0.2, -0.15) is 0 Å². The number of carbonyl (C=O) groups excluding carboxylic acids is 2. The van der Waals surface area contributed by atoms with Crippen molar-refractivity contribution in [3.05, 3.63) is 43.8 Å². The lowest BCUT2D eigenvalue weighted by Gasteiger charge is -2.25. The minimum Gasteiger partial charge on any atom is -0.453 e. The average Bonchev–Trinajstić information content (AvgIpc) is 3.34. The molecule has 0 N–H and O–H groups in total. The van der Waals surface area contributed by atoms with Crippen molar-refractivity contribution in [1.29, 1.82) is 0 Å². The molecule has 2 aliphatic rings. The van der Waals surface area contributed by atoms with Gasteiger partial charge in [-0.15, -0.1) is 11.3 Å². The van der Waals surface area contributed by atoms with Crippen molar-refractivity contribution < 1.29 is 14.3 Å². The number of halogens is 2. The summed E-state index contributed by atoms with van der Waals surface area (Å²) in [6.45, 7) is 1.70. The molecule has 9 heteroatoms. The molecule has 0 radical (unpaired) electrons. The van der Waals surface area contributed by atoms with Crippen molar-refractivity contribution in [2.24, 2.45) is 0 Å². The molecule has 2 amide bonds. The number of nitrogens with zero attached hydrogens (tertiary/aromatic N) is 3. The average molecular weight is 471 g/mol. The van der Waals surface area contributed by atoms with E-state index >= 15 is 0 Å². The Kier molecular flexibility index (Phi) is 4.90. The molecule has 0 unspecified atom stereocenters. The van der Waals surface area contributed by atoms with Crippen LogP contribution in [0.1, 0.15) is 17.0 Å². The molecule has 0 aliphatic carbocycles. The van der Waals surface area contributed by atoms with E-state index in [1.165, 1.54) is 18.4 Å². The highest BCUT2D eigenvalue weighted by Crippen LogP contribution is 2.47. The lowest BCUT2D eigenvalue weighted by molar-refractivity contribution is -0.118. The highest BCUT2D eigenvalue weighted by molar-refractivity contribution is 9.10. The number of fused-ring (bicyclic) bond motifs is 2. The summed E-state index contributed by atoms with van der Waals surface area (Å²) >= 11 is 10.8. The Morgan fingerprint density at radius 3 is 2.93 bits per heavy atom. The van der Waals surface area contributed by atoms with E-state index in [9.17, 15) is 9.59 Å². The fourth-order valence-corrected chi connectivity index (χ4v) is 5.27. The van der Waals surface area contributed by atoms with Crippen molar-refractivity contribution in [2.45, 2.75) is 18.3 Å². The fourth-order valence-electron chi connectivity index (χ4n) is 3.96. The predicted molar refractivity (Wildman–Crippen MR) is 108 cm³/mol. The number of methoxy groups -OCH3 is 1. The third kappa shape index (κ3) is 3.34. The van der Waals surface area contributed by atoms with Crippen LogP contribution in [0.4, 0.5) is 10.5 Å². The molecule has 4 rings (SSSR count). The van der Waals surface area contributed by atoms with Gasteiger partial charge in [0.15, 0.2) is 0 Å². The summed E-state index contributed by atoms with van der Waals surface area (Å²) in [4.78, 5) is 32.7. The van der Waals surface area contributed by atoms with Gasteiger partial charge in [-0.05, 0) is 30.2 Å². The van der Waals surface area contributed by atoms with E-state index in [0.717, 1.165) is 22.1 Å². The lowest BCUT2D eigenvalue weighted by Crippen LogP contribution is -2.40. The van der Waals surface area contributed by atoms with Crippen LogP contribution in [-0.4, -0.2) is 48.6 Å². The molecule has 1 fully saturated rings. The van der Waals surface area contributed by atoms with Gasteiger partial charge in [-0.1, -0.05) is 27.5 Å². The molecule has 2 aromatic rings. The second-order valence-electron chi connectivity index (χ2n) is 6.80. The number of carbonyl (C=O) groups is 2. The van der Waals surface area contributed by atoms with Gasteiger partial charge in [-0.3, -0.25) is 4.79 Å². The minimum atomic E-state index is -0.328. The Morgan fingerprint density at radius 2 is 2.22 bits per heavy atom. The van der Waals surface area contributed by atoms with Gasteiger partial charge in [0.25, 0.3) is 0 Å². The van der Waals surface area contributed by atoms with Crippen LogP contribution >= 0.6 is 38.9 Å². The van der Waals surface area contributed by atoms with Crippen LogP contribution in [0.15, 0.2) is 28.9 Å². The summed E-state index contributed by atoms with van der Waals surface area (Å²) in [6.07, 6.45) is 2.24. The number of thiazole rings is 1. The number of anilines is 1. The lowest BCUT2D eigenvalue weighted by atomic mass is 9.81. The summed E-state index contributed by atoms with van der Waals surface area (Å²) in [5.74, 6) is -0.0158. The first kappa shape index (κ1) is 18.7. The van der Waals surface area contributed by atoms with Crippen molar-refractivity contribution in [3.63, 3.8) is 0 Å². The van der Waals surface area contributed by atoms with E-state index in [2.05, 4.69) is 27.0 Å². The Labute approximate surface area is 174 Å². The number of hydrogen-bond donors (Lipinski definition) is 0. The van der Waals surface area contributed by atoms with E-state index in [4.69, 9.17) is 16.3 Å². The maximum absolute atomic E-state index is 13.0. The maximum Gasteiger partial charge on any atom is 0.409 e. The fraction of sp³-hybridized carbons (Fsp3) is 0.389. The first-order chi connectivity index (χ1) is 12.9. The highest BCUT2D eigenvalue weighted by atomic mass is 79.9. The third-order valence-electron chi connectivity index (χ3n) is 5.20. The number of hydrogen-bond acceptors (Lipinski definition) is 5. The van der Waals surface area contributed by atoms with E-state index < -0.39 is 0 Å². The molecule has 2 aliphatic heterocycles. The van der Waals surface area contributed by atoms with E-state index in [0.29, 0.717) is 29.0 Å². The summed E-state index contributed by atoms with van der Waals surface area (Å²) in [7, 11) is 1.39. The van der Waals surface area contributed by atoms with E-state index in [-0.39, 0.29) is 23.8 Å². The van der Waals surface area contributed by atoms with Crippen LogP contribution in [0.5, 0.6) is 0 Å². The highest BCUT2D eigenvalue weighted by Gasteiger charge is 2.50. The summed E-state index contributed by atoms with van der Waals surface area (Å²) in [6, 6.07) is 5.96. The van der Waals surface area contributed by atoms with E-state index in [1.54, 1.807) is 11.1 Å². The Morgan fingerprint density at radius 1 is 1.41 bits per heavy atom. The van der Waals surface area contributed by atoms with Gasteiger partial charge < -0.3 is 14.5 Å². The Balaban J connectivity index is 1.64. The predicted octanol–water partition coefficient (Wildman–Crippen LogP) is 3.86. The van der Waals surface area contributed by atoms with Crippen LogP contribution < -0.4 is 4.90 Å². The first-order valence-electron chi connectivity index (χ1n) is 8.45.